The molecule has 0 N–H and O–H groups in total. The summed E-state index contributed by atoms with van der Waals surface area (Å²) in [5, 5.41) is 0. The predicted octanol–water partition coefficient (Wildman–Crippen LogP) is 16.3. The van der Waals surface area contributed by atoms with Crippen molar-refractivity contribution in [3.05, 3.63) is 0 Å². The van der Waals surface area contributed by atoms with Crippen molar-refractivity contribution in [2.45, 2.75) is 291 Å². The van der Waals surface area contributed by atoms with E-state index in [1.54, 1.807) is 0 Å². The molecule has 1 atom stereocenters. The smallest absolute Gasteiger partial charge is 0.306 e. The van der Waals surface area contributed by atoms with E-state index < -0.39 is 6.10 Å². The third-order valence-corrected chi connectivity index (χ3v) is 11.5. The Balaban J connectivity index is 4.23. The number of carbonyl (C=O) groups is 3. The van der Waals surface area contributed by atoms with Crippen LogP contribution in [0.2, 0.25) is 0 Å². The molecule has 0 rings (SSSR count). The summed E-state index contributed by atoms with van der Waals surface area (Å²) in [6.45, 7) is 8.98. The van der Waals surface area contributed by atoms with Crippen molar-refractivity contribution in [3.63, 3.8) is 0 Å². The third kappa shape index (κ3) is 45.3. The molecule has 57 heavy (non-hydrogen) atoms. The molecule has 338 valence electrons. The fraction of sp³-hybridized carbons (Fsp3) is 0.941. The number of carbonyl (C=O) groups excluding carboxylic acids is 3. The van der Waals surface area contributed by atoms with Gasteiger partial charge in [-0.2, -0.15) is 0 Å². The molecule has 0 aromatic carbocycles. The van der Waals surface area contributed by atoms with Crippen LogP contribution in [-0.2, 0) is 28.6 Å². The van der Waals surface area contributed by atoms with Crippen molar-refractivity contribution in [1.29, 1.82) is 0 Å². The van der Waals surface area contributed by atoms with E-state index in [0.29, 0.717) is 19.3 Å². The lowest BCUT2D eigenvalue weighted by Crippen LogP contribution is -2.30. The minimum Gasteiger partial charge on any atom is -0.462 e. The minimum absolute atomic E-state index is 0.0634. The van der Waals surface area contributed by atoms with Crippen molar-refractivity contribution in [2.75, 3.05) is 13.2 Å². The first-order valence-electron chi connectivity index (χ1n) is 25.4. The second-order valence-corrected chi connectivity index (χ2v) is 17.9. The number of hydrogen-bond acceptors (Lipinski definition) is 6. The van der Waals surface area contributed by atoms with Crippen molar-refractivity contribution >= 4 is 17.9 Å². The molecule has 0 spiro atoms. The molecule has 0 aromatic heterocycles. The molecule has 0 aliphatic heterocycles. The van der Waals surface area contributed by atoms with Crippen LogP contribution in [0.5, 0.6) is 0 Å². The molecule has 0 amide bonds. The van der Waals surface area contributed by atoms with Gasteiger partial charge in [-0.05, 0) is 25.2 Å². The Morgan fingerprint density at radius 1 is 0.333 bits per heavy atom. The van der Waals surface area contributed by atoms with Gasteiger partial charge >= 0.3 is 17.9 Å². The monoisotopic (exact) mass is 807 g/mol. The zero-order chi connectivity index (χ0) is 41.7. The fourth-order valence-corrected chi connectivity index (χ4v) is 7.69. The fourth-order valence-electron chi connectivity index (χ4n) is 7.69. The maximum absolute atomic E-state index is 12.7. The highest BCUT2D eigenvalue weighted by atomic mass is 16.6. The lowest BCUT2D eigenvalue weighted by molar-refractivity contribution is -0.167. The van der Waals surface area contributed by atoms with Crippen LogP contribution < -0.4 is 0 Å². The Kier molecular flexibility index (Phi) is 44.2. The van der Waals surface area contributed by atoms with Crippen molar-refractivity contribution in [1.82, 2.24) is 0 Å². The van der Waals surface area contributed by atoms with Gasteiger partial charge in [0, 0.05) is 19.3 Å². The minimum atomic E-state index is -0.760. The van der Waals surface area contributed by atoms with Crippen molar-refractivity contribution < 1.29 is 28.6 Å². The lowest BCUT2D eigenvalue weighted by Gasteiger charge is -2.18. The summed E-state index contributed by atoms with van der Waals surface area (Å²) in [5.74, 6) is -0.0446. The van der Waals surface area contributed by atoms with Gasteiger partial charge in [0.25, 0.3) is 0 Å². The molecular formula is C51H98O6. The highest BCUT2D eigenvalue weighted by Crippen LogP contribution is 2.17. The zero-order valence-electron chi connectivity index (χ0n) is 38.8. The summed E-state index contributed by atoms with van der Waals surface area (Å²) in [7, 11) is 0. The van der Waals surface area contributed by atoms with Crippen molar-refractivity contribution in [3.8, 4) is 0 Å². The van der Waals surface area contributed by atoms with Crippen LogP contribution in [-0.4, -0.2) is 37.2 Å². The summed E-state index contributed by atoms with van der Waals surface area (Å²) in [5.41, 5.74) is 0. The molecule has 0 fully saturated rings. The van der Waals surface area contributed by atoms with E-state index in [2.05, 4.69) is 27.7 Å². The normalized spacial score (nSPS) is 11.9. The largest absolute Gasteiger partial charge is 0.462 e. The third-order valence-electron chi connectivity index (χ3n) is 11.5. The number of ether oxygens (including phenoxy) is 3. The molecular weight excluding hydrogens is 709 g/mol. The maximum Gasteiger partial charge on any atom is 0.306 e. The highest BCUT2D eigenvalue weighted by Gasteiger charge is 2.19. The number of unbranched alkanes of at least 4 members (excludes halogenated alkanes) is 33. The molecule has 0 aromatic rings. The first kappa shape index (κ1) is 55.4. The second-order valence-electron chi connectivity index (χ2n) is 17.9. The molecule has 0 saturated heterocycles. The van der Waals surface area contributed by atoms with Crippen LogP contribution in [0.15, 0.2) is 0 Å². The molecule has 0 aliphatic rings. The van der Waals surface area contributed by atoms with Gasteiger partial charge in [-0.1, -0.05) is 246 Å². The summed E-state index contributed by atoms with van der Waals surface area (Å²) in [6.07, 6.45) is 46.7. The number of hydrogen-bond donors (Lipinski definition) is 0. The van der Waals surface area contributed by atoms with E-state index in [9.17, 15) is 14.4 Å². The average Bonchev–Trinajstić information content (AvgIpc) is 3.19. The van der Waals surface area contributed by atoms with Crippen LogP contribution in [0.3, 0.4) is 0 Å². The molecule has 0 unspecified atom stereocenters. The van der Waals surface area contributed by atoms with Gasteiger partial charge in [0.15, 0.2) is 6.10 Å². The van der Waals surface area contributed by atoms with Crippen LogP contribution in [0.1, 0.15) is 285 Å². The summed E-state index contributed by atoms with van der Waals surface area (Å²) in [6, 6.07) is 0. The van der Waals surface area contributed by atoms with E-state index in [1.807, 2.05) is 0 Å². The SMILES string of the molecule is CCCCCCCCCCCCCCCCCCCCC(=O)OC[C@H](COC(=O)CCCCCCCCCCC)OC(=O)CCCCCCCCCCCC(C)C. The molecule has 0 saturated carbocycles. The molecule has 6 nitrogen and oxygen atoms in total. The Labute approximate surface area is 355 Å². The van der Waals surface area contributed by atoms with Crippen molar-refractivity contribution in [2.24, 2.45) is 5.92 Å². The Morgan fingerprint density at radius 2 is 0.579 bits per heavy atom. The van der Waals surface area contributed by atoms with Crippen LogP contribution in [0.4, 0.5) is 0 Å². The summed E-state index contributed by atoms with van der Waals surface area (Å²) < 4.78 is 16.8. The van der Waals surface area contributed by atoms with E-state index in [1.165, 1.54) is 180 Å². The standard InChI is InChI=1S/C51H98O6/c1-5-7-9-11-13-15-16-17-18-19-20-21-22-23-27-31-35-39-43-50(53)56-46-48(45-55-49(52)42-38-34-30-25-14-12-10-8-6-2)57-51(54)44-40-36-32-28-24-26-29-33-37-41-47(3)4/h47-48H,5-46H2,1-4H3/t48-/m0/s1. The van der Waals surface area contributed by atoms with Gasteiger partial charge in [0.05, 0.1) is 0 Å². The molecule has 6 heteroatoms. The first-order valence-corrected chi connectivity index (χ1v) is 25.4. The quantitative estimate of drug-likeness (QED) is 0.0346. The molecule has 0 heterocycles. The lowest BCUT2D eigenvalue weighted by atomic mass is 10.0. The van der Waals surface area contributed by atoms with E-state index in [0.717, 1.165) is 63.7 Å². The number of rotatable bonds is 46. The summed E-state index contributed by atoms with van der Waals surface area (Å²) in [4.78, 5) is 37.8. The Hall–Kier alpha value is -1.59. The van der Waals surface area contributed by atoms with Gasteiger partial charge in [-0.25, -0.2) is 0 Å². The topological polar surface area (TPSA) is 78.9 Å². The van der Waals surface area contributed by atoms with Crippen LogP contribution in [0, 0.1) is 5.92 Å². The van der Waals surface area contributed by atoms with Crippen LogP contribution in [0.25, 0.3) is 0 Å². The van der Waals surface area contributed by atoms with E-state index >= 15 is 0 Å². The predicted molar refractivity (Wildman–Crippen MR) is 243 cm³/mol. The van der Waals surface area contributed by atoms with Gasteiger partial charge < -0.3 is 14.2 Å². The Morgan fingerprint density at radius 3 is 0.860 bits per heavy atom. The summed E-state index contributed by atoms with van der Waals surface area (Å²) >= 11 is 0. The average molecular weight is 807 g/mol. The number of esters is 3. The first-order chi connectivity index (χ1) is 27.9. The molecule has 0 aliphatic carbocycles. The molecule has 0 bridgehead atoms. The van der Waals surface area contributed by atoms with Gasteiger partial charge in [0.2, 0.25) is 0 Å². The van der Waals surface area contributed by atoms with Gasteiger partial charge in [0.1, 0.15) is 13.2 Å². The Bertz CT molecular complexity index is 857. The highest BCUT2D eigenvalue weighted by molar-refractivity contribution is 5.71. The van der Waals surface area contributed by atoms with Gasteiger partial charge in [-0.3, -0.25) is 14.4 Å². The maximum atomic E-state index is 12.7. The molecule has 0 radical (unpaired) electrons. The van der Waals surface area contributed by atoms with Gasteiger partial charge in [-0.15, -0.1) is 0 Å². The van der Waals surface area contributed by atoms with E-state index in [4.69, 9.17) is 14.2 Å². The van der Waals surface area contributed by atoms with E-state index in [-0.39, 0.29) is 31.1 Å². The van der Waals surface area contributed by atoms with Crippen LogP contribution >= 0.6 is 0 Å². The second kappa shape index (κ2) is 45.5. The zero-order valence-corrected chi connectivity index (χ0v) is 38.8.